The summed E-state index contributed by atoms with van der Waals surface area (Å²) in [5.74, 6) is 0.763. The van der Waals surface area contributed by atoms with E-state index in [1.165, 1.54) is 6.33 Å². The summed E-state index contributed by atoms with van der Waals surface area (Å²) in [6.45, 7) is 2.04. The Bertz CT molecular complexity index is 519. The smallest absolute Gasteiger partial charge is 0.130 e. The van der Waals surface area contributed by atoms with Crippen LogP contribution in [0.25, 0.3) is 0 Å². The van der Waals surface area contributed by atoms with Crippen LogP contribution in [0.1, 0.15) is 18.5 Å². The molecule has 1 heterocycles. The molecule has 0 saturated carbocycles. The number of anilines is 1. The second-order valence-electron chi connectivity index (χ2n) is 3.61. The molecule has 0 aliphatic heterocycles. The van der Waals surface area contributed by atoms with E-state index in [2.05, 4.69) is 31.2 Å². The lowest BCUT2D eigenvalue weighted by atomic mass is 10.1. The molecule has 1 unspecified atom stereocenters. The third-order valence-electron chi connectivity index (χ3n) is 2.37. The first-order valence-electron chi connectivity index (χ1n) is 5.15. The predicted octanol–water partition coefficient (Wildman–Crippen LogP) is 4.07. The highest BCUT2D eigenvalue weighted by molar-refractivity contribution is 9.10. The van der Waals surface area contributed by atoms with Gasteiger partial charge in [0.25, 0.3) is 0 Å². The molecule has 0 bridgehead atoms. The van der Waals surface area contributed by atoms with Gasteiger partial charge in [0, 0.05) is 11.1 Å². The minimum absolute atomic E-state index is 0.0884. The number of aromatic nitrogens is 2. The van der Waals surface area contributed by atoms with Crippen LogP contribution in [-0.4, -0.2) is 9.97 Å². The van der Waals surface area contributed by atoms with Crippen molar-refractivity contribution in [2.45, 2.75) is 13.0 Å². The van der Waals surface area contributed by atoms with Gasteiger partial charge in [-0.1, -0.05) is 29.8 Å². The number of rotatable bonds is 3. The van der Waals surface area contributed by atoms with Gasteiger partial charge in [-0.05, 0) is 34.5 Å². The van der Waals surface area contributed by atoms with Crippen molar-refractivity contribution in [1.82, 2.24) is 9.97 Å². The van der Waals surface area contributed by atoms with E-state index in [1.807, 2.05) is 37.3 Å². The third-order valence-corrected chi connectivity index (χ3v) is 3.15. The van der Waals surface area contributed by atoms with Crippen LogP contribution in [0.4, 0.5) is 5.82 Å². The van der Waals surface area contributed by atoms with Gasteiger partial charge in [0.15, 0.2) is 0 Å². The average molecular weight is 313 g/mol. The molecule has 1 N–H and O–H groups in total. The van der Waals surface area contributed by atoms with E-state index >= 15 is 0 Å². The van der Waals surface area contributed by atoms with Gasteiger partial charge in [-0.15, -0.1) is 0 Å². The van der Waals surface area contributed by atoms with E-state index in [4.69, 9.17) is 11.6 Å². The van der Waals surface area contributed by atoms with Crippen LogP contribution in [0.2, 0.25) is 5.02 Å². The van der Waals surface area contributed by atoms with Crippen LogP contribution in [0, 0.1) is 0 Å². The van der Waals surface area contributed by atoms with Crippen molar-refractivity contribution in [2.75, 3.05) is 5.32 Å². The van der Waals surface area contributed by atoms with Gasteiger partial charge in [0.05, 0.1) is 6.04 Å². The summed E-state index contributed by atoms with van der Waals surface area (Å²) in [6.07, 6.45) is 1.51. The molecule has 2 rings (SSSR count). The first kappa shape index (κ1) is 12.3. The molecular formula is C12H11BrClN3. The highest BCUT2D eigenvalue weighted by Crippen LogP contribution is 2.25. The number of nitrogens with one attached hydrogen (secondary N) is 1. The van der Waals surface area contributed by atoms with Gasteiger partial charge >= 0.3 is 0 Å². The van der Waals surface area contributed by atoms with Crippen molar-refractivity contribution < 1.29 is 0 Å². The normalized spacial score (nSPS) is 12.2. The first-order valence-corrected chi connectivity index (χ1v) is 6.32. The monoisotopic (exact) mass is 311 g/mol. The van der Waals surface area contributed by atoms with Gasteiger partial charge in [-0.3, -0.25) is 0 Å². The zero-order valence-electron chi connectivity index (χ0n) is 9.19. The molecule has 0 fully saturated rings. The topological polar surface area (TPSA) is 37.8 Å². The maximum atomic E-state index is 6.13. The molecule has 1 atom stereocenters. The van der Waals surface area contributed by atoms with Crippen molar-refractivity contribution in [2.24, 2.45) is 0 Å². The van der Waals surface area contributed by atoms with Crippen LogP contribution >= 0.6 is 27.5 Å². The van der Waals surface area contributed by atoms with E-state index in [0.29, 0.717) is 0 Å². The Kier molecular flexibility index (Phi) is 3.97. The number of hydrogen-bond acceptors (Lipinski definition) is 3. The molecular weight excluding hydrogens is 302 g/mol. The Balaban J connectivity index is 2.17. The molecule has 17 heavy (non-hydrogen) atoms. The summed E-state index contributed by atoms with van der Waals surface area (Å²) in [4.78, 5) is 8.12. The summed E-state index contributed by atoms with van der Waals surface area (Å²) in [5.41, 5.74) is 1.05. The minimum Gasteiger partial charge on any atom is -0.363 e. The van der Waals surface area contributed by atoms with Crippen molar-refractivity contribution in [3.05, 3.63) is 51.8 Å². The highest BCUT2D eigenvalue weighted by atomic mass is 79.9. The highest BCUT2D eigenvalue weighted by Gasteiger charge is 2.09. The van der Waals surface area contributed by atoms with Gasteiger partial charge in [-0.2, -0.15) is 0 Å². The Morgan fingerprint density at radius 3 is 2.76 bits per heavy atom. The quantitative estimate of drug-likeness (QED) is 0.868. The lowest BCUT2D eigenvalue weighted by Gasteiger charge is -2.16. The number of benzene rings is 1. The zero-order chi connectivity index (χ0) is 12.3. The van der Waals surface area contributed by atoms with Crippen molar-refractivity contribution in [1.29, 1.82) is 0 Å². The summed E-state index contributed by atoms with van der Waals surface area (Å²) >= 11 is 9.44. The Hall–Kier alpha value is -1.13. The fraction of sp³-hybridized carbons (Fsp3) is 0.167. The van der Waals surface area contributed by atoms with Crippen LogP contribution in [0.5, 0.6) is 0 Å². The van der Waals surface area contributed by atoms with Crippen molar-refractivity contribution in [3.8, 4) is 0 Å². The first-order chi connectivity index (χ1) is 8.16. The lowest BCUT2D eigenvalue weighted by molar-refractivity contribution is 0.871. The Labute approximate surface area is 113 Å². The fourth-order valence-corrected chi connectivity index (χ4v) is 2.15. The van der Waals surface area contributed by atoms with E-state index in [-0.39, 0.29) is 6.04 Å². The molecule has 3 nitrogen and oxygen atoms in total. The van der Waals surface area contributed by atoms with Gasteiger partial charge < -0.3 is 5.32 Å². The largest absolute Gasteiger partial charge is 0.363 e. The summed E-state index contributed by atoms with van der Waals surface area (Å²) in [7, 11) is 0. The van der Waals surface area contributed by atoms with Crippen LogP contribution in [0.15, 0.2) is 41.3 Å². The fourth-order valence-electron chi connectivity index (χ4n) is 1.54. The molecule has 0 spiro atoms. The lowest BCUT2D eigenvalue weighted by Crippen LogP contribution is -2.08. The molecule has 0 saturated heterocycles. The van der Waals surface area contributed by atoms with Gasteiger partial charge in [0.2, 0.25) is 0 Å². The second kappa shape index (κ2) is 5.47. The third kappa shape index (κ3) is 3.17. The maximum Gasteiger partial charge on any atom is 0.130 e. The molecule has 0 amide bonds. The van der Waals surface area contributed by atoms with E-state index in [9.17, 15) is 0 Å². The van der Waals surface area contributed by atoms with Crippen LogP contribution < -0.4 is 5.32 Å². The number of hydrogen-bond donors (Lipinski definition) is 1. The molecule has 0 aliphatic carbocycles. The minimum atomic E-state index is 0.0884. The number of nitrogens with zero attached hydrogens (tertiary/aromatic N) is 2. The summed E-state index contributed by atoms with van der Waals surface area (Å²) < 4.78 is 0.751. The molecule has 88 valence electrons. The molecule has 0 radical (unpaired) electrons. The Morgan fingerprint density at radius 2 is 2.06 bits per heavy atom. The molecule has 1 aromatic heterocycles. The number of halogens is 2. The van der Waals surface area contributed by atoms with E-state index in [0.717, 1.165) is 21.0 Å². The summed E-state index contributed by atoms with van der Waals surface area (Å²) in [5, 5.41) is 4.02. The van der Waals surface area contributed by atoms with Crippen molar-refractivity contribution >= 4 is 33.3 Å². The standard InChI is InChI=1S/C12H11BrClN3/c1-8(9-4-2-3-5-10(9)14)17-12-6-11(13)15-7-16-12/h2-8H,1H3,(H,15,16,17). The average Bonchev–Trinajstić information content (AvgIpc) is 2.29. The van der Waals surface area contributed by atoms with E-state index < -0.39 is 0 Å². The zero-order valence-corrected chi connectivity index (χ0v) is 11.5. The summed E-state index contributed by atoms with van der Waals surface area (Å²) in [6, 6.07) is 9.68. The SMILES string of the molecule is CC(Nc1cc(Br)ncn1)c1ccccc1Cl. The molecule has 1 aromatic carbocycles. The van der Waals surface area contributed by atoms with E-state index in [1.54, 1.807) is 0 Å². The second-order valence-corrected chi connectivity index (χ2v) is 4.83. The van der Waals surface area contributed by atoms with Gasteiger partial charge in [0.1, 0.15) is 16.7 Å². The van der Waals surface area contributed by atoms with Gasteiger partial charge in [-0.25, -0.2) is 9.97 Å². The molecule has 2 aromatic rings. The maximum absolute atomic E-state index is 6.13. The molecule has 0 aliphatic rings. The van der Waals surface area contributed by atoms with Crippen molar-refractivity contribution in [3.63, 3.8) is 0 Å². The molecule has 5 heteroatoms. The predicted molar refractivity (Wildman–Crippen MR) is 73.2 cm³/mol. The van der Waals surface area contributed by atoms with Crippen LogP contribution in [0.3, 0.4) is 0 Å². The Morgan fingerprint density at radius 1 is 1.29 bits per heavy atom. The van der Waals surface area contributed by atoms with Crippen LogP contribution in [-0.2, 0) is 0 Å².